The number of halogens is 2. The Bertz CT molecular complexity index is 560. The summed E-state index contributed by atoms with van der Waals surface area (Å²) in [5, 5.41) is 2.79. The number of pyridine rings is 1. The average Bonchev–Trinajstić information content (AvgIpc) is 2.29. The van der Waals surface area contributed by atoms with Gasteiger partial charge >= 0.3 is 0 Å². The molecule has 0 saturated carbocycles. The zero-order valence-electron chi connectivity index (χ0n) is 8.65. The first-order valence-electron chi connectivity index (χ1n) is 4.83. The fourth-order valence-corrected chi connectivity index (χ4v) is 1.49. The monoisotopic (exact) mass is 250 g/mol. The van der Waals surface area contributed by atoms with Gasteiger partial charge in [0.15, 0.2) is 0 Å². The van der Waals surface area contributed by atoms with Crippen LogP contribution in [0.2, 0.25) is 5.15 Å². The second-order valence-electron chi connectivity index (χ2n) is 3.33. The molecule has 5 heteroatoms. The maximum absolute atomic E-state index is 12.9. The smallest absolute Gasteiger partial charge is 0.255 e. The highest BCUT2D eigenvalue weighted by Crippen LogP contribution is 2.12. The molecule has 1 aromatic carbocycles. The van der Waals surface area contributed by atoms with Gasteiger partial charge in [0.25, 0.3) is 5.91 Å². The van der Waals surface area contributed by atoms with E-state index in [2.05, 4.69) is 10.3 Å². The fourth-order valence-electron chi connectivity index (χ4n) is 1.31. The molecule has 0 bridgehead atoms. The Labute approximate surface area is 102 Å². The highest BCUT2D eigenvalue weighted by molar-refractivity contribution is 6.29. The first-order chi connectivity index (χ1) is 8.15. The van der Waals surface area contributed by atoms with Crippen LogP contribution in [-0.2, 0) is 0 Å². The molecule has 0 radical (unpaired) electrons. The lowest BCUT2D eigenvalue weighted by molar-refractivity contribution is 0.102. The number of carbonyl (C=O) groups is 1. The maximum Gasteiger partial charge on any atom is 0.255 e. The molecular formula is C12H8ClFN2O. The SMILES string of the molecule is O=C(Nc1cccc(F)c1)c1ccnc(Cl)c1. The predicted molar refractivity (Wildman–Crippen MR) is 63.6 cm³/mol. The van der Waals surface area contributed by atoms with E-state index in [4.69, 9.17) is 11.6 Å². The summed E-state index contributed by atoms with van der Waals surface area (Å²) in [5.74, 6) is -0.768. The van der Waals surface area contributed by atoms with Gasteiger partial charge in [0.2, 0.25) is 0 Å². The van der Waals surface area contributed by atoms with Gasteiger partial charge in [-0.2, -0.15) is 0 Å². The van der Waals surface area contributed by atoms with Gasteiger partial charge < -0.3 is 5.32 Å². The van der Waals surface area contributed by atoms with Crippen molar-refractivity contribution in [1.29, 1.82) is 0 Å². The Hall–Kier alpha value is -1.94. The normalized spacial score (nSPS) is 10.0. The highest BCUT2D eigenvalue weighted by atomic mass is 35.5. The van der Waals surface area contributed by atoms with Crippen LogP contribution in [-0.4, -0.2) is 10.9 Å². The molecule has 1 heterocycles. The van der Waals surface area contributed by atoms with Crippen molar-refractivity contribution < 1.29 is 9.18 Å². The van der Waals surface area contributed by atoms with Crippen LogP contribution in [0.25, 0.3) is 0 Å². The third-order valence-electron chi connectivity index (χ3n) is 2.07. The summed E-state index contributed by atoms with van der Waals surface area (Å²) in [6, 6.07) is 8.63. The molecular weight excluding hydrogens is 243 g/mol. The van der Waals surface area contributed by atoms with Crippen molar-refractivity contribution in [2.45, 2.75) is 0 Å². The first kappa shape index (κ1) is 11.5. The third kappa shape index (κ3) is 3.01. The Kier molecular flexibility index (Phi) is 3.35. The third-order valence-corrected chi connectivity index (χ3v) is 2.28. The molecule has 0 aliphatic rings. The van der Waals surface area contributed by atoms with Crippen LogP contribution >= 0.6 is 11.6 Å². The van der Waals surface area contributed by atoms with E-state index in [1.54, 1.807) is 6.07 Å². The van der Waals surface area contributed by atoms with Crippen LogP contribution in [0.3, 0.4) is 0 Å². The van der Waals surface area contributed by atoms with Gasteiger partial charge in [-0.05, 0) is 30.3 Å². The minimum Gasteiger partial charge on any atom is -0.322 e. The predicted octanol–water partition coefficient (Wildman–Crippen LogP) is 3.13. The summed E-state index contributed by atoms with van der Waals surface area (Å²) in [6.07, 6.45) is 1.43. The minimum atomic E-state index is -0.407. The summed E-state index contributed by atoms with van der Waals surface area (Å²) < 4.78 is 12.9. The second-order valence-corrected chi connectivity index (χ2v) is 3.72. The lowest BCUT2D eigenvalue weighted by atomic mass is 10.2. The maximum atomic E-state index is 12.9. The molecule has 0 unspecified atom stereocenters. The zero-order valence-corrected chi connectivity index (χ0v) is 9.41. The van der Waals surface area contributed by atoms with Crippen molar-refractivity contribution in [3.63, 3.8) is 0 Å². The van der Waals surface area contributed by atoms with Crippen molar-refractivity contribution in [3.05, 3.63) is 59.1 Å². The van der Waals surface area contributed by atoms with E-state index in [1.807, 2.05) is 0 Å². The van der Waals surface area contributed by atoms with Gasteiger partial charge in [-0.3, -0.25) is 4.79 Å². The van der Waals surface area contributed by atoms with Crippen molar-refractivity contribution in [2.24, 2.45) is 0 Å². The molecule has 0 fully saturated rings. The molecule has 1 aromatic heterocycles. The Morgan fingerprint density at radius 2 is 2.12 bits per heavy atom. The van der Waals surface area contributed by atoms with Gasteiger partial charge in [0, 0.05) is 17.4 Å². The topological polar surface area (TPSA) is 42.0 Å². The largest absolute Gasteiger partial charge is 0.322 e. The Morgan fingerprint density at radius 3 is 2.82 bits per heavy atom. The molecule has 17 heavy (non-hydrogen) atoms. The quantitative estimate of drug-likeness (QED) is 0.832. The summed E-state index contributed by atoms with van der Waals surface area (Å²) >= 11 is 5.67. The molecule has 0 saturated heterocycles. The second kappa shape index (κ2) is 4.93. The van der Waals surface area contributed by atoms with Crippen molar-refractivity contribution >= 4 is 23.2 Å². The van der Waals surface area contributed by atoms with Crippen LogP contribution in [0.1, 0.15) is 10.4 Å². The summed E-state index contributed by atoms with van der Waals surface area (Å²) in [6.45, 7) is 0. The zero-order chi connectivity index (χ0) is 12.3. The van der Waals surface area contributed by atoms with E-state index >= 15 is 0 Å². The number of amides is 1. The van der Waals surface area contributed by atoms with Gasteiger partial charge in [-0.15, -0.1) is 0 Å². The van der Waals surface area contributed by atoms with Gasteiger partial charge in [-0.1, -0.05) is 17.7 Å². The average molecular weight is 251 g/mol. The number of rotatable bonds is 2. The van der Waals surface area contributed by atoms with E-state index in [9.17, 15) is 9.18 Å². The minimum absolute atomic E-state index is 0.233. The van der Waals surface area contributed by atoms with Crippen LogP contribution in [0.4, 0.5) is 10.1 Å². The Morgan fingerprint density at radius 1 is 1.29 bits per heavy atom. The van der Waals surface area contributed by atoms with Crippen LogP contribution in [0.5, 0.6) is 0 Å². The highest BCUT2D eigenvalue weighted by Gasteiger charge is 2.07. The standard InChI is InChI=1S/C12H8ClFN2O/c13-11-6-8(4-5-15-11)12(17)16-10-3-1-2-9(14)7-10/h1-7H,(H,16,17). The summed E-state index contributed by atoms with van der Waals surface area (Å²) in [4.78, 5) is 15.5. The molecule has 2 aromatic rings. The molecule has 1 amide bonds. The summed E-state index contributed by atoms with van der Waals surface area (Å²) in [5.41, 5.74) is 0.761. The molecule has 0 aliphatic carbocycles. The number of nitrogens with zero attached hydrogens (tertiary/aromatic N) is 1. The van der Waals surface area contributed by atoms with Crippen LogP contribution < -0.4 is 5.32 Å². The summed E-state index contributed by atoms with van der Waals surface area (Å²) in [7, 11) is 0. The van der Waals surface area contributed by atoms with Crippen LogP contribution in [0.15, 0.2) is 42.6 Å². The van der Waals surface area contributed by atoms with E-state index in [1.165, 1.54) is 36.5 Å². The molecule has 3 nitrogen and oxygen atoms in total. The molecule has 0 spiro atoms. The lowest BCUT2D eigenvalue weighted by Gasteiger charge is -2.05. The van der Waals surface area contributed by atoms with E-state index in [-0.39, 0.29) is 11.1 Å². The number of carbonyl (C=O) groups excluding carboxylic acids is 1. The Balaban J connectivity index is 2.17. The van der Waals surface area contributed by atoms with E-state index in [0.29, 0.717) is 11.3 Å². The molecule has 0 atom stereocenters. The van der Waals surface area contributed by atoms with Gasteiger partial charge in [0.05, 0.1) is 0 Å². The first-order valence-corrected chi connectivity index (χ1v) is 5.21. The van der Waals surface area contributed by atoms with Crippen molar-refractivity contribution in [1.82, 2.24) is 4.98 Å². The number of hydrogen-bond donors (Lipinski definition) is 1. The van der Waals surface area contributed by atoms with Gasteiger partial charge in [-0.25, -0.2) is 9.37 Å². The van der Waals surface area contributed by atoms with Crippen LogP contribution in [0, 0.1) is 5.82 Å². The molecule has 2 rings (SSSR count). The lowest BCUT2D eigenvalue weighted by Crippen LogP contribution is -2.12. The van der Waals surface area contributed by atoms with E-state index < -0.39 is 5.82 Å². The fraction of sp³-hybridized carbons (Fsp3) is 0. The number of anilines is 1. The number of benzene rings is 1. The molecule has 86 valence electrons. The van der Waals surface area contributed by atoms with Crippen molar-refractivity contribution in [2.75, 3.05) is 5.32 Å². The number of aromatic nitrogens is 1. The molecule has 0 aliphatic heterocycles. The number of nitrogens with one attached hydrogen (secondary N) is 1. The van der Waals surface area contributed by atoms with E-state index in [0.717, 1.165) is 0 Å². The molecule has 1 N–H and O–H groups in total. The number of hydrogen-bond acceptors (Lipinski definition) is 2. The van der Waals surface area contributed by atoms with Gasteiger partial charge in [0.1, 0.15) is 11.0 Å². The van der Waals surface area contributed by atoms with Crippen molar-refractivity contribution in [3.8, 4) is 0 Å².